The monoisotopic (exact) mass is 445 g/mol. The highest BCUT2D eigenvalue weighted by Gasteiger charge is 2.36. The van der Waals surface area contributed by atoms with Crippen LogP contribution in [0.2, 0.25) is 5.02 Å². The molecule has 0 aromatic heterocycles. The maximum Gasteiger partial charge on any atom is 0.294 e. The Morgan fingerprint density at radius 3 is 2.60 bits per heavy atom. The largest absolute Gasteiger partial charge is 0.325 e. The number of nitro groups is 1. The molecule has 1 fully saturated rings. The third-order valence-corrected chi connectivity index (χ3v) is 5.66. The van der Waals surface area contributed by atoms with E-state index >= 15 is 0 Å². The van der Waals surface area contributed by atoms with Crippen molar-refractivity contribution in [2.45, 2.75) is 13.8 Å². The van der Waals surface area contributed by atoms with E-state index < -0.39 is 28.5 Å². The summed E-state index contributed by atoms with van der Waals surface area (Å²) >= 11 is 6.45. The van der Waals surface area contributed by atoms with E-state index in [1.807, 2.05) is 19.9 Å². The van der Waals surface area contributed by atoms with Gasteiger partial charge in [0.1, 0.15) is 11.6 Å². The smallest absolute Gasteiger partial charge is 0.294 e. The van der Waals surface area contributed by atoms with Gasteiger partial charge in [0.2, 0.25) is 5.91 Å². The topological polar surface area (TPSA) is 110 Å². The van der Waals surface area contributed by atoms with Crippen LogP contribution in [0.15, 0.2) is 41.3 Å². The zero-order chi connectivity index (χ0) is 22.0. The van der Waals surface area contributed by atoms with Crippen molar-refractivity contribution in [2.75, 3.05) is 11.9 Å². The predicted octanol–water partition coefficient (Wildman–Crippen LogP) is 4.54. The second kappa shape index (κ2) is 8.68. The average molecular weight is 446 g/mol. The van der Waals surface area contributed by atoms with Gasteiger partial charge in [-0.1, -0.05) is 23.7 Å². The van der Waals surface area contributed by atoms with E-state index in [1.165, 1.54) is 24.3 Å². The number of carbonyl (C=O) groups excluding carboxylic acids is 3. The summed E-state index contributed by atoms with van der Waals surface area (Å²) in [5, 5.41) is 13.1. The molecule has 0 saturated carbocycles. The van der Waals surface area contributed by atoms with Crippen LogP contribution in [0.1, 0.15) is 16.7 Å². The van der Waals surface area contributed by atoms with E-state index in [2.05, 4.69) is 5.32 Å². The Bertz CT molecular complexity index is 1120. The minimum absolute atomic E-state index is 0.0340. The van der Waals surface area contributed by atoms with Gasteiger partial charge >= 0.3 is 0 Å². The number of nitrogens with zero attached hydrogens (tertiary/aromatic N) is 2. The highest BCUT2D eigenvalue weighted by molar-refractivity contribution is 8.18. The van der Waals surface area contributed by atoms with Crippen LogP contribution in [0, 0.1) is 24.0 Å². The third kappa shape index (κ3) is 4.69. The first-order chi connectivity index (χ1) is 14.2. The van der Waals surface area contributed by atoms with E-state index in [-0.39, 0.29) is 15.6 Å². The van der Waals surface area contributed by atoms with Crippen LogP contribution >= 0.6 is 23.4 Å². The lowest BCUT2D eigenvalue weighted by Crippen LogP contribution is -2.36. The second-order valence-corrected chi connectivity index (χ2v) is 7.98. The summed E-state index contributed by atoms with van der Waals surface area (Å²) in [6.07, 6.45) is 1.36. The van der Waals surface area contributed by atoms with Crippen LogP contribution in [0.4, 0.5) is 16.2 Å². The van der Waals surface area contributed by atoms with Gasteiger partial charge in [0.25, 0.3) is 16.8 Å². The lowest BCUT2D eigenvalue weighted by Gasteiger charge is -2.13. The standard InChI is InChI=1S/C20H16ClN3O5S/c1-11-3-5-14(7-12(11)2)22-18(25)10-23-19(26)17(30-20(23)27)9-13-4-6-15(21)16(8-13)24(28)29/h3-9H,10H2,1-2H3,(H,22,25)/b17-9+. The van der Waals surface area contributed by atoms with Gasteiger partial charge in [0.05, 0.1) is 9.83 Å². The molecule has 0 aliphatic carbocycles. The molecular weight excluding hydrogens is 430 g/mol. The summed E-state index contributed by atoms with van der Waals surface area (Å²) < 4.78 is 0. The van der Waals surface area contributed by atoms with Crippen molar-refractivity contribution in [2.24, 2.45) is 0 Å². The number of hydrogen-bond acceptors (Lipinski definition) is 6. The SMILES string of the molecule is Cc1ccc(NC(=O)CN2C(=O)S/C(=C/c3ccc(Cl)c([N+](=O)[O-])c3)C2=O)cc1C. The Hall–Kier alpha value is -3.17. The van der Waals surface area contributed by atoms with Crippen molar-refractivity contribution in [1.82, 2.24) is 4.90 Å². The molecule has 3 rings (SSSR count). The molecule has 1 saturated heterocycles. The molecule has 0 radical (unpaired) electrons. The van der Waals surface area contributed by atoms with Crippen molar-refractivity contribution >= 4 is 57.9 Å². The Kier molecular flexibility index (Phi) is 6.23. The molecule has 3 amide bonds. The maximum absolute atomic E-state index is 12.6. The summed E-state index contributed by atoms with van der Waals surface area (Å²) in [6, 6.07) is 9.44. The molecule has 1 aliphatic rings. The van der Waals surface area contributed by atoms with Crippen molar-refractivity contribution in [3.05, 3.63) is 73.1 Å². The number of nitro benzene ring substituents is 1. The van der Waals surface area contributed by atoms with Crippen molar-refractivity contribution < 1.29 is 19.3 Å². The Labute approximate surface area is 181 Å². The summed E-state index contributed by atoms with van der Waals surface area (Å²) in [5.74, 6) is -1.15. The fourth-order valence-corrected chi connectivity index (χ4v) is 3.74. The maximum atomic E-state index is 12.6. The Balaban J connectivity index is 1.73. The average Bonchev–Trinajstić information content (AvgIpc) is 2.93. The van der Waals surface area contributed by atoms with Crippen LogP contribution in [0.25, 0.3) is 6.08 Å². The van der Waals surface area contributed by atoms with E-state index in [0.29, 0.717) is 23.0 Å². The number of anilines is 1. The molecular formula is C20H16ClN3O5S. The first-order valence-electron chi connectivity index (χ1n) is 8.72. The first kappa shape index (κ1) is 21.5. The van der Waals surface area contributed by atoms with Crippen molar-refractivity contribution in [3.8, 4) is 0 Å². The van der Waals surface area contributed by atoms with Crippen LogP contribution in [0.5, 0.6) is 0 Å². The zero-order valence-electron chi connectivity index (χ0n) is 16.0. The molecule has 2 aromatic rings. The number of thioether (sulfide) groups is 1. The van der Waals surface area contributed by atoms with Crippen LogP contribution < -0.4 is 5.32 Å². The normalized spacial score (nSPS) is 15.0. The lowest BCUT2D eigenvalue weighted by molar-refractivity contribution is -0.384. The molecule has 30 heavy (non-hydrogen) atoms. The fourth-order valence-electron chi connectivity index (χ4n) is 2.71. The molecule has 0 atom stereocenters. The molecule has 0 bridgehead atoms. The van der Waals surface area contributed by atoms with Gasteiger partial charge < -0.3 is 5.32 Å². The molecule has 0 unspecified atom stereocenters. The molecule has 2 aromatic carbocycles. The van der Waals surface area contributed by atoms with E-state index in [1.54, 1.807) is 12.1 Å². The number of carbonyl (C=O) groups is 3. The second-order valence-electron chi connectivity index (χ2n) is 6.58. The van der Waals surface area contributed by atoms with Gasteiger partial charge in [0, 0.05) is 11.8 Å². The number of rotatable bonds is 5. The van der Waals surface area contributed by atoms with E-state index in [0.717, 1.165) is 16.0 Å². The molecule has 10 heteroatoms. The van der Waals surface area contributed by atoms with Gasteiger partial charge in [-0.25, -0.2) is 0 Å². The summed E-state index contributed by atoms with van der Waals surface area (Å²) in [7, 11) is 0. The van der Waals surface area contributed by atoms with Crippen LogP contribution in [0.3, 0.4) is 0 Å². The molecule has 1 aliphatic heterocycles. The highest BCUT2D eigenvalue weighted by Crippen LogP contribution is 2.33. The van der Waals surface area contributed by atoms with Crippen molar-refractivity contribution in [3.63, 3.8) is 0 Å². The molecule has 8 nitrogen and oxygen atoms in total. The van der Waals surface area contributed by atoms with Gasteiger partial charge in [-0.2, -0.15) is 0 Å². The molecule has 0 spiro atoms. The van der Waals surface area contributed by atoms with Gasteiger partial charge in [-0.05, 0) is 66.6 Å². The van der Waals surface area contributed by atoms with Crippen LogP contribution in [-0.4, -0.2) is 33.4 Å². The van der Waals surface area contributed by atoms with E-state index in [4.69, 9.17) is 11.6 Å². The fraction of sp³-hybridized carbons (Fsp3) is 0.150. The predicted molar refractivity (Wildman–Crippen MR) is 115 cm³/mol. The van der Waals surface area contributed by atoms with Gasteiger partial charge in [-0.15, -0.1) is 0 Å². The lowest BCUT2D eigenvalue weighted by atomic mass is 10.1. The Morgan fingerprint density at radius 2 is 1.93 bits per heavy atom. The van der Waals surface area contributed by atoms with Gasteiger partial charge in [-0.3, -0.25) is 29.4 Å². The first-order valence-corrected chi connectivity index (χ1v) is 9.91. The number of hydrogen-bond donors (Lipinski definition) is 1. The summed E-state index contributed by atoms with van der Waals surface area (Å²) in [5.41, 5.74) is 2.68. The third-order valence-electron chi connectivity index (χ3n) is 4.43. The number of amides is 3. The number of nitrogens with one attached hydrogen (secondary N) is 1. The Morgan fingerprint density at radius 1 is 1.20 bits per heavy atom. The summed E-state index contributed by atoms with van der Waals surface area (Å²) in [6.45, 7) is 3.42. The summed E-state index contributed by atoms with van der Waals surface area (Å²) in [4.78, 5) is 48.4. The van der Waals surface area contributed by atoms with Crippen molar-refractivity contribution in [1.29, 1.82) is 0 Å². The highest BCUT2D eigenvalue weighted by atomic mass is 35.5. The molecule has 154 valence electrons. The van der Waals surface area contributed by atoms with E-state index in [9.17, 15) is 24.5 Å². The number of aryl methyl sites for hydroxylation is 2. The minimum atomic E-state index is -0.641. The number of imide groups is 1. The quantitative estimate of drug-likeness (QED) is 0.411. The van der Waals surface area contributed by atoms with Crippen LogP contribution in [-0.2, 0) is 9.59 Å². The number of benzene rings is 2. The minimum Gasteiger partial charge on any atom is -0.325 e. The molecule has 1 N–H and O–H groups in total. The molecule has 1 heterocycles. The zero-order valence-corrected chi connectivity index (χ0v) is 17.5. The van der Waals surface area contributed by atoms with Gasteiger partial charge in [0.15, 0.2) is 0 Å². The number of halogens is 1.